The molecule has 13 heavy (non-hydrogen) atoms. The van der Waals surface area contributed by atoms with Crippen molar-refractivity contribution in [1.82, 2.24) is 0 Å². The summed E-state index contributed by atoms with van der Waals surface area (Å²) < 4.78 is 5.04. The van der Waals surface area contributed by atoms with E-state index in [0.29, 0.717) is 5.56 Å². The topological polar surface area (TPSA) is 89.0 Å². The van der Waals surface area contributed by atoms with Gasteiger partial charge in [0, 0.05) is 5.56 Å². The van der Waals surface area contributed by atoms with Gasteiger partial charge in [-0.2, -0.15) is 0 Å². The van der Waals surface area contributed by atoms with E-state index in [2.05, 4.69) is 0 Å². The first-order valence-electron chi connectivity index (χ1n) is 4.06. The molecule has 0 saturated heterocycles. The molecule has 1 rings (SSSR count). The van der Waals surface area contributed by atoms with Crippen LogP contribution >= 0.6 is 0 Å². The van der Waals surface area contributed by atoms with Crippen LogP contribution in [-0.2, 0) is 5.41 Å². The van der Waals surface area contributed by atoms with Crippen LogP contribution in [0.3, 0.4) is 0 Å². The van der Waals surface area contributed by atoms with Gasteiger partial charge in [-0.05, 0) is 5.41 Å². The normalized spacial score (nSPS) is 11.6. The number of rotatable bonds is 1. The van der Waals surface area contributed by atoms with Crippen molar-refractivity contribution in [2.45, 2.75) is 26.2 Å². The molecule has 5 N–H and O–H groups in total. The molecule has 4 heteroatoms. The molecule has 0 fully saturated rings. The van der Waals surface area contributed by atoms with Crippen molar-refractivity contribution >= 4 is 11.7 Å². The number of hydrogen-bond acceptors (Lipinski definition) is 3. The smallest absolute Gasteiger partial charge is 0.201 e. The van der Waals surface area contributed by atoms with Gasteiger partial charge in [-0.25, -0.2) is 0 Å². The Hall–Kier alpha value is -1.45. The standard InChI is InChI=1S/C9H15N3O/c1-9(2,3)5-4-13-8(12)6(5)7(10)11/h4H,12H2,1-3H3,(H3,10,11). The van der Waals surface area contributed by atoms with E-state index >= 15 is 0 Å². The molecular weight excluding hydrogens is 166 g/mol. The Balaban J connectivity index is 3.31. The molecule has 0 aliphatic carbocycles. The predicted molar refractivity (Wildman–Crippen MR) is 52.8 cm³/mol. The maximum Gasteiger partial charge on any atom is 0.201 e. The van der Waals surface area contributed by atoms with E-state index in [-0.39, 0.29) is 17.1 Å². The minimum atomic E-state index is -0.109. The molecule has 0 saturated carbocycles. The van der Waals surface area contributed by atoms with Crippen molar-refractivity contribution in [3.05, 3.63) is 17.4 Å². The Kier molecular flexibility index (Phi) is 2.07. The Morgan fingerprint density at radius 1 is 1.46 bits per heavy atom. The lowest BCUT2D eigenvalue weighted by Gasteiger charge is -2.17. The average Bonchev–Trinajstić information content (AvgIpc) is 2.28. The van der Waals surface area contributed by atoms with Gasteiger partial charge in [0.1, 0.15) is 5.84 Å². The highest BCUT2D eigenvalue weighted by atomic mass is 16.3. The molecule has 0 aromatic carbocycles. The second-order valence-corrected chi connectivity index (χ2v) is 4.05. The van der Waals surface area contributed by atoms with Gasteiger partial charge in [0.15, 0.2) is 0 Å². The summed E-state index contributed by atoms with van der Waals surface area (Å²) in [4.78, 5) is 0. The number of nitrogens with one attached hydrogen (secondary N) is 1. The second kappa shape index (κ2) is 2.80. The van der Waals surface area contributed by atoms with Gasteiger partial charge in [0.05, 0.1) is 11.8 Å². The van der Waals surface area contributed by atoms with Crippen LogP contribution in [0, 0.1) is 5.41 Å². The van der Waals surface area contributed by atoms with Crippen LogP contribution in [0.2, 0.25) is 0 Å². The van der Waals surface area contributed by atoms with Crippen molar-refractivity contribution in [1.29, 1.82) is 5.41 Å². The number of nitrogen functional groups attached to an aromatic ring is 2. The molecule has 0 bridgehead atoms. The number of nitrogens with two attached hydrogens (primary N) is 2. The molecule has 1 aromatic heterocycles. The maximum atomic E-state index is 7.35. The van der Waals surface area contributed by atoms with Crippen molar-refractivity contribution in [2.24, 2.45) is 5.73 Å². The van der Waals surface area contributed by atoms with Crippen LogP contribution < -0.4 is 11.5 Å². The number of hydrogen-bond donors (Lipinski definition) is 3. The lowest BCUT2D eigenvalue weighted by Crippen LogP contribution is -2.20. The van der Waals surface area contributed by atoms with Gasteiger partial charge in [0.25, 0.3) is 0 Å². The van der Waals surface area contributed by atoms with Crippen molar-refractivity contribution < 1.29 is 4.42 Å². The molecular formula is C9H15N3O. The van der Waals surface area contributed by atoms with E-state index in [1.54, 1.807) is 6.26 Å². The van der Waals surface area contributed by atoms with Gasteiger partial charge in [-0.1, -0.05) is 20.8 Å². The Morgan fingerprint density at radius 3 is 2.31 bits per heavy atom. The highest BCUT2D eigenvalue weighted by Crippen LogP contribution is 2.30. The molecule has 0 amide bonds. The summed E-state index contributed by atoms with van der Waals surface area (Å²) in [6.07, 6.45) is 1.56. The van der Waals surface area contributed by atoms with Crippen LogP contribution in [0.15, 0.2) is 10.7 Å². The van der Waals surface area contributed by atoms with Crippen molar-refractivity contribution in [3.8, 4) is 0 Å². The van der Waals surface area contributed by atoms with Crippen molar-refractivity contribution in [3.63, 3.8) is 0 Å². The summed E-state index contributed by atoms with van der Waals surface area (Å²) in [6, 6.07) is 0. The fraction of sp³-hybridized carbons (Fsp3) is 0.444. The largest absolute Gasteiger partial charge is 0.448 e. The molecule has 0 aliphatic heterocycles. The minimum Gasteiger partial charge on any atom is -0.448 e. The zero-order valence-corrected chi connectivity index (χ0v) is 8.14. The van der Waals surface area contributed by atoms with E-state index < -0.39 is 0 Å². The van der Waals surface area contributed by atoms with E-state index in [9.17, 15) is 0 Å². The van der Waals surface area contributed by atoms with E-state index in [4.69, 9.17) is 21.3 Å². The molecule has 1 aromatic rings. The second-order valence-electron chi connectivity index (χ2n) is 4.05. The van der Waals surface area contributed by atoms with Crippen LogP contribution in [0.4, 0.5) is 5.88 Å². The zero-order chi connectivity index (χ0) is 10.2. The summed E-state index contributed by atoms with van der Waals surface area (Å²) in [5, 5.41) is 7.35. The Labute approximate surface area is 77.4 Å². The van der Waals surface area contributed by atoms with Gasteiger partial charge >= 0.3 is 0 Å². The summed E-state index contributed by atoms with van der Waals surface area (Å²) in [7, 11) is 0. The molecule has 1 heterocycles. The van der Waals surface area contributed by atoms with Crippen molar-refractivity contribution in [2.75, 3.05) is 5.73 Å². The van der Waals surface area contributed by atoms with Gasteiger partial charge in [-0.15, -0.1) is 0 Å². The molecule has 0 unspecified atom stereocenters. The average molecular weight is 181 g/mol. The third kappa shape index (κ3) is 1.66. The zero-order valence-electron chi connectivity index (χ0n) is 8.14. The third-order valence-electron chi connectivity index (χ3n) is 1.90. The quantitative estimate of drug-likeness (QED) is 0.452. The van der Waals surface area contributed by atoms with Gasteiger partial charge < -0.3 is 15.9 Å². The fourth-order valence-electron chi connectivity index (χ4n) is 1.20. The third-order valence-corrected chi connectivity index (χ3v) is 1.90. The molecule has 0 atom stereocenters. The lowest BCUT2D eigenvalue weighted by atomic mass is 9.86. The molecule has 0 radical (unpaired) electrons. The summed E-state index contributed by atoms with van der Waals surface area (Å²) in [5.41, 5.74) is 12.2. The molecule has 4 nitrogen and oxygen atoms in total. The highest BCUT2D eigenvalue weighted by Gasteiger charge is 2.24. The van der Waals surface area contributed by atoms with Gasteiger partial charge in [0.2, 0.25) is 5.88 Å². The van der Waals surface area contributed by atoms with Crippen LogP contribution in [0.1, 0.15) is 31.9 Å². The monoisotopic (exact) mass is 181 g/mol. The molecule has 72 valence electrons. The number of furan rings is 1. The van der Waals surface area contributed by atoms with E-state index in [1.165, 1.54) is 0 Å². The summed E-state index contributed by atoms with van der Waals surface area (Å²) in [6.45, 7) is 6.05. The van der Waals surface area contributed by atoms with E-state index in [1.807, 2.05) is 20.8 Å². The number of amidine groups is 1. The molecule has 0 aliphatic rings. The first-order valence-corrected chi connectivity index (χ1v) is 4.06. The minimum absolute atomic E-state index is 0.0452. The lowest BCUT2D eigenvalue weighted by molar-refractivity contribution is 0.547. The van der Waals surface area contributed by atoms with Crippen LogP contribution in [-0.4, -0.2) is 5.84 Å². The van der Waals surface area contributed by atoms with Crippen LogP contribution in [0.25, 0.3) is 0 Å². The Morgan fingerprint density at radius 2 is 2.00 bits per heavy atom. The highest BCUT2D eigenvalue weighted by molar-refractivity contribution is 6.00. The fourth-order valence-corrected chi connectivity index (χ4v) is 1.20. The maximum absolute atomic E-state index is 7.35. The first-order chi connectivity index (χ1) is 5.84. The SMILES string of the molecule is CC(C)(C)c1coc(N)c1C(=N)N. The predicted octanol–water partition coefficient (Wildman–Crippen LogP) is 1.44. The van der Waals surface area contributed by atoms with Gasteiger partial charge in [-0.3, -0.25) is 5.41 Å². The summed E-state index contributed by atoms with van der Waals surface area (Å²) in [5.74, 6) is 0.175. The van der Waals surface area contributed by atoms with E-state index in [0.717, 1.165) is 5.56 Å². The van der Waals surface area contributed by atoms with Crippen LogP contribution in [0.5, 0.6) is 0 Å². The summed E-state index contributed by atoms with van der Waals surface area (Å²) >= 11 is 0. The Bertz CT molecular complexity index is 333. The molecule has 0 spiro atoms. The number of anilines is 1. The first kappa shape index (κ1) is 9.64.